The summed E-state index contributed by atoms with van der Waals surface area (Å²) in [6.45, 7) is 2.89. The number of carboxylic acid groups (broad SMARTS) is 1. The first-order valence-electron chi connectivity index (χ1n) is 5.38. The van der Waals surface area contributed by atoms with E-state index >= 15 is 0 Å². The first kappa shape index (κ1) is 11.4. The Bertz CT molecular complexity index is 454. The summed E-state index contributed by atoms with van der Waals surface area (Å²) < 4.78 is 1.74. The number of aryl methyl sites for hydroxylation is 1. The van der Waals surface area contributed by atoms with Crippen LogP contribution in [0.3, 0.4) is 0 Å². The van der Waals surface area contributed by atoms with Gasteiger partial charge in [-0.1, -0.05) is 0 Å². The lowest BCUT2D eigenvalue weighted by atomic mass is 10.4. The molecule has 0 fully saturated rings. The molecule has 1 aliphatic heterocycles. The fourth-order valence-corrected chi connectivity index (χ4v) is 1.87. The molecule has 7 nitrogen and oxygen atoms in total. The van der Waals surface area contributed by atoms with Crippen LogP contribution in [0, 0.1) is 0 Å². The lowest BCUT2D eigenvalue weighted by molar-refractivity contribution is -0.114. The summed E-state index contributed by atoms with van der Waals surface area (Å²) in [7, 11) is 0. The molecule has 92 valence electrons. The topological polar surface area (TPSA) is 87.5 Å². The summed E-state index contributed by atoms with van der Waals surface area (Å²) in [5.41, 5.74) is 0.800. The van der Waals surface area contributed by atoms with Crippen molar-refractivity contribution in [3.05, 3.63) is 11.8 Å². The standard InChI is InChI=1S/C10H14N4O3/c1-7(15)11-9-5-8-6-13(10(16)17)3-2-4-14(8)12-9/h5H,2-4,6H2,1H3,(H,16,17)(H,11,12,15). The van der Waals surface area contributed by atoms with Gasteiger partial charge in [0.2, 0.25) is 5.91 Å². The highest BCUT2D eigenvalue weighted by Crippen LogP contribution is 2.16. The van der Waals surface area contributed by atoms with E-state index in [9.17, 15) is 9.59 Å². The SMILES string of the molecule is CC(=O)Nc1cc2n(n1)CCCN(C(=O)O)C2. The molecule has 0 atom stereocenters. The van der Waals surface area contributed by atoms with Crippen molar-refractivity contribution < 1.29 is 14.7 Å². The Morgan fingerprint density at radius 1 is 1.47 bits per heavy atom. The maximum Gasteiger partial charge on any atom is 0.407 e. The lowest BCUT2D eigenvalue weighted by Gasteiger charge is -2.14. The van der Waals surface area contributed by atoms with Crippen LogP contribution >= 0.6 is 0 Å². The van der Waals surface area contributed by atoms with E-state index in [4.69, 9.17) is 5.11 Å². The summed E-state index contributed by atoms with van der Waals surface area (Å²) in [6, 6.07) is 1.71. The molecule has 1 aliphatic rings. The molecule has 7 heteroatoms. The molecule has 0 aliphatic carbocycles. The first-order chi connectivity index (χ1) is 8.06. The highest BCUT2D eigenvalue weighted by molar-refractivity contribution is 5.87. The third-order valence-corrected chi connectivity index (χ3v) is 2.59. The van der Waals surface area contributed by atoms with Crippen molar-refractivity contribution in [1.29, 1.82) is 0 Å². The predicted octanol–water partition coefficient (Wildman–Crippen LogP) is 0.725. The molecule has 0 bridgehead atoms. The number of nitrogens with zero attached hydrogens (tertiary/aromatic N) is 3. The molecular weight excluding hydrogens is 224 g/mol. The molecule has 0 spiro atoms. The minimum Gasteiger partial charge on any atom is -0.465 e. The molecule has 2 rings (SSSR count). The highest BCUT2D eigenvalue weighted by Gasteiger charge is 2.19. The molecule has 2 N–H and O–H groups in total. The summed E-state index contributed by atoms with van der Waals surface area (Å²) in [6.07, 6.45) is -0.207. The van der Waals surface area contributed by atoms with Gasteiger partial charge < -0.3 is 15.3 Å². The molecule has 0 radical (unpaired) electrons. The Morgan fingerprint density at radius 3 is 2.88 bits per heavy atom. The Hall–Kier alpha value is -2.05. The first-order valence-corrected chi connectivity index (χ1v) is 5.38. The van der Waals surface area contributed by atoms with Gasteiger partial charge in [-0.05, 0) is 6.42 Å². The maximum absolute atomic E-state index is 10.9. The highest BCUT2D eigenvalue weighted by atomic mass is 16.4. The summed E-state index contributed by atoms with van der Waals surface area (Å²) in [5.74, 6) is 0.285. The fourth-order valence-electron chi connectivity index (χ4n) is 1.87. The van der Waals surface area contributed by atoms with E-state index in [1.165, 1.54) is 11.8 Å². The largest absolute Gasteiger partial charge is 0.465 e. The van der Waals surface area contributed by atoms with Crippen LogP contribution < -0.4 is 5.32 Å². The van der Waals surface area contributed by atoms with Crippen LogP contribution in [0.4, 0.5) is 10.6 Å². The van der Waals surface area contributed by atoms with E-state index < -0.39 is 6.09 Å². The quantitative estimate of drug-likeness (QED) is 0.754. The van der Waals surface area contributed by atoms with Crippen LogP contribution in [-0.4, -0.2) is 38.3 Å². The molecule has 0 unspecified atom stereocenters. The number of aromatic nitrogens is 2. The second-order valence-corrected chi connectivity index (χ2v) is 3.98. The van der Waals surface area contributed by atoms with Gasteiger partial charge in [0.05, 0.1) is 12.2 Å². The van der Waals surface area contributed by atoms with Crippen molar-refractivity contribution in [2.45, 2.75) is 26.4 Å². The number of rotatable bonds is 1. The lowest BCUT2D eigenvalue weighted by Crippen LogP contribution is -2.28. The molecular formula is C10H14N4O3. The molecule has 0 saturated carbocycles. The molecule has 17 heavy (non-hydrogen) atoms. The third-order valence-electron chi connectivity index (χ3n) is 2.59. The molecule has 1 aromatic heterocycles. The smallest absolute Gasteiger partial charge is 0.407 e. The summed E-state index contributed by atoms with van der Waals surface area (Å²) in [4.78, 5) is 23.2. The van der Waals surface area contributed by atoms with Gasteiger partial charge in [-0.3, -0.25) is 9.48 Å². The van der Waals surface area contributed by atoms with Crippen molar-refractivity contribution in [3.63, 3.8) is 0 Å². The third kappa shape index (κ3) is 2.55. The van der Waals surface area contributed by atoms with Crippen LogP contribution in [0.2, 0.25) is 0 Å². The van der Waals surface area contributed by atoms with Gasteiger partial charge in [0.15, 0.2) is 5.82 Å². The van der Waals surface area contributed by atoms with Crippen molar-refractivity contribution in [1.82, 2.24) is 14.7 Å². The van der Waals surface area contributed by atoms with Crippen LogP contribution in [-0.2, 0) is 17.9 Å². The second kappa shape index (κ2) is 4.44. The Kier molecular flexibility index (Phi) is 2.99. The Balaban J connectivity index is 2.20. The van der Waals surface area contributed by atoms with Crippen LogP contribution in [0.15, 0.2) is 6.07 Å². The molecule has 1 aromatic rings. The fraction of sp³-hybridized carbons (Fsp3) is 0.500. The summed E-state index contributed by atoms with van der Waals surface area (Å²) in [5, 5.41) is 15.8. The van der Waals surface area contributed by atoms with Gasteiger partial charge in [-0.25, -0.2) is 4.79 Å². The number of nitrogens with one attached hydrogen (secondary N) is 1. The monoisotopic (exact) mass is 238 g/mol. The number of carbonyl (C=O) groups excluding carboxylic acids is 1. The molecule has 0 aromatic carbocycles. The van der Waals surface area contributed by atoms with Gasteiger partial charge in [0.1, 0.15) is 0 Å². The predicted molar refractivity (Wildman–Crippen MR) is 59.6 cm³/mol. The van der Waals surface area contributed by atoms with Crippen molar-refractivity contribution in [2.75, 3.05) is 11.9 Å². The molecule has 0 saturated heterocycles. The number of carbonyl (C=O) groups is 2. The van der Waals surface area contributed by atoms with Crippen molar-refractivity contribution in [3.8, 4) is 0 Å². The number of amides is 2. The van der Waals surface area contributed by atoms with Gasteiger partial charge in [-0.15, -0.1) is 0 Å². The van der Waals surface area contributed by atoms with Crippen LogP contribution in [0.1, 0.15) is 19.0 Å². The van der Waals surface area contributed by atoms with E-state index in [2.05, 4.69) is 10.4 Å². The van der Waals surface area contributed by atoms with Gasteiger partial charge in [-0.2, -0.15) is 5.10 Å². The van der Waals surface area contributed by atoms with E-state index in [0.29, 0.717) is 25.5 Å². The maximum atomic E-state index is 10.9. The molecule has 2 heterocycles. The minimum atomic E-state index is -0.930. The second-order valence-electron chi connectivity index (χ2n) is 3.98. The Labute approximate surface area is 98.0 Å². The van der Waals surface area contributed by atoms with E-state index in [-0.39, 0.29) is 5.91 Å². The Morgan fingerprint density at radius 2 is 2.24 bits per heavy atom. The number of fused-ring (bicyclic) bond motifs is 1. The van der Waals surface area contributed by atoms with Gasteiger partial charge >= 0.3 is 6.09 Å². The minimum absolute atomic E-state index is 0.187. The number of hydrogen-bond donors (Lipinski definition) is 2. The van der Waals surface area contributed by atoms with Crippen LogP contribution in [0.5, 0.6) is 0 Å². The van der Waals surface area contributed by atoms with Gasteiger partial charge in [0, 0.05) is 26.1 Å². The zero-order valence-corrected chi connectivity index (χ0v) is 9.51. The van der Waals surface area contributed by atoms with E-state index in [1.807, 2.05) is 0 Å². The number of hydrogen-bond acceptors (Lipinski definition) is 3. The van der Waals surface area contributed by atoms with Crippen molar-refractivity contribution >= 4 is 17.8 Å². The summed E-state index contributed by atoms with van der Waals surface area (Å²) >= 11 is 0. The van der Waals surface area contributed by atoms with Crippen LogP contribution in [0.25, 0.3) is 0 Å². The zero-order chi connectivity index (χ0) is 12.4. The van der Waals surface area contributed by atoms with E-state index in [0.717, 1.165) is 12.1 Å². The average Bonchev–Trinajstić information content (AvgIpc) is 2.46. The average molecular weight is 238 g/mol. The number of anilines is 1. The van der Waals surface area contributed by atoms with E-state index in [1.54, 1.807) is 10.7 Å². The molecule has 2 amide bonds. The van der Waals surface area contributed by atoms with Crippen molar-refractivity contribution in [2.24, 2.45) is 0 Å². The normalized spacial score (nSPS) is 15.0. The van der Waals surface area contributed by atoms with Gasteiger partial charge in [0.25, 0.3) is 0 Å². The zero-order valence-electron chi connectivity index (χ0n) is 9.51.